The molecular weight excluding hydrogens is 383 g/mol. The molecular formula is C20H22BrFN2O. The third-order valence-corrected chi connectivity index (χ3v) is 5.42. The summed E-state index contributed by atoms with van der Waals surface area (Å²) in [6.45, 7) is 0.452. The zero-order valence-corrected chi connectivity index (χ0v) is 16.0. The second kappa shape index (κ2) is 7.26. The maximum absolute atomic E-state index is 13.5. The highest BCUT2D eigenvalue weighted by atomic mass is 79.9. The number of rotatable bonds is 6. The van der Waals surface area contributed by atoms with Gasteiger partial charge in [0, 0.05) is 11.0 Å². The lowest BCUT2D eigenvalue weighted by Gasteiger charge is -2.26. The molecule has 132 valence electrons. The Morgan fingerprint density at radius 3 is 2.48 bits per heavy atom. The van der Waals surface area contributed by atoms with Crippen molar-refractivity contribution in [2.24, 2.45) is 0 Å². The molecule has 1 unspecified atom stereocenters. The van der Waals surface area contributed by atoms with Crippen molar-refractivity contribution in [2.45, 2.75) is 24.3 Å². The molecule has 1 N–H and O–H groups in total. The van der Waals surface area contributed by atoms with Crippen LogP contribution in [0.1, 0.15) is 30.0 Å². The van der Waals surface area contributed by atoms with Crippen LogP contribution in [-0.2, 0) is 10.2 Å². The number of nitrogens with zero attached hydrogens (tertiary/aromatic N) is 1. The van der Waals surface area contributed by atoms with Crippen LogP contribution in [0.2, 0.25) is 0 Å². The van der Waals surface area contributed by atoms with Crippen molar-refractivity contribution in [3.05, 3.63) is 69.9 Å². The molecule has 1 amide bonds. The molecule has 2 aromatic rings. The highest BCUT2D eigenvalue weighted by molar-refractivity contribution is 9.10. The molecule has 0 heterocycles. The fourth-order valence-corrected chi connectivity index (χ4v) is 3.48. The Balaban J connectivity index is 1.71. The van der Waals surface area contributed by atoms with Gasteiger partial charge in [-0.05, 0) is 62.3 Å². The van der Waals surface area contributed by atoms with E-state index in [9.17, 15) is 9.18 Å². The Bertz CT molecular complexity index is 757. The van der Waals surface area contributed by atoms with Crippen LogP contribution >= 0.6 is 15.9 Å². The van der Waals surface area contributed by atoms with Gasteiger partial charge >= 0.3 is 0 Å². The van der Waals surface area contributed by atoms with Crippen molar-refractivity contribution >= 4 is 21.8 Å². The van der Waals surface area contributed by atoms with Crippen molar-refractivity contribution in [3.8, 4) is 0 Å². The first kappa shape index (κ1) is 18.1. The van der Waals surface area contributed by atoms with Gasteiger partial charge in [0.15, 0.2) is 0 Å². The van der Waals surface area contributed by atoms with Crippen molar-refractivity contribution in [2.75, 3.05) is 20.6 Å². The second-order valence-electron chi connectivity index (χ2n) is 6.83. The zero-order valence-electron chi connectivity index (χ0n) is 14.4. The predicted octanol–water partition coefficient (Wildman–Crippen LogP) is 4.04. The first-order valence-corrected chi connectivity index (χ1v) is 9.18. The SMILES string of the molecule is CN(C)C(CNC(=O)C1(c2ccc(Br)cc2)CC1)c1cccc(F)c1. The Morgan fingerprint density at radius 1 is 1.24 bits per heavy atom. The van der Waals surface area contributed by atoms with E-state index in [1.165, 1.54) is 12.1 Å². The smallest absolute Gasteiger partial charge is 0.230 e. The zero-order chi connectivity index (χ0) is 18.0. The maximum atomic E-state index is 13.5. The summed E-state index contributed by atoms with van der Waals surface area (Å²) in [5.41, 5.74) is 1.51. The molecule has 2 aromatic carbocycles. The van der Waals surface area contributed by atoms with Gasteiger partial charge in [-0.25, -0.2) is 4.39 Å². The molecule has 3 rings (SSSR count). The average molecular weight is 405 g/mol. The number of carbonyl (C=O) groups is 1. The van der Waals surface area contributed by atoms with Gasteiger partial charge in [0.05, 0.1) is 11.5 Å². The Kier molecular flexibility index (Phi) is 5.25. The van der Waals surface area contributed by atoms with Crippen LogP contribution in [0.15, 0.2) is 53.0 Å². The highest BCUT2D eigenvalue weighted by Gasteiger charge is 2.51. The number of benzene rings is 2. The van der Waals surface area contributed by atoms with E-state index in [1.807, 2.05) is 49.3 Å². The summed E-state index contributed by atoms with van der Waals surface area (Å²) in [4.78, 5) is 14.8. The lowest BCUT2D eigenvalue weighted by atomic mass is 9.95. The molecule has 3 nitrogen and oxygen atoms in total. The topological polar surface area (TPSA) is 32.3 Å². The van der Waals surface area contributed by atoms with Crippen LogP contribution in [0, 0.1) is 5.82 Å². The molecule has 0 aromatic heterocycles. The summed E-state index contributed by atoms with van der Waals surface area (Å²) in [7, 11) is 3.87. The molecule has 0 spiro atoms. The molecule has 1 aliphatic carbocycles. The quantitative estimate of drug-likeness (QED) is 0.787. The fourth-order valence-electron chi connectivity index (χ4n) is 3.21. The third kappa shape index (κ3) is 3.93. The standard InChI is InChI=1S/C20H22BrFN2O/c1-24(2)18(14-4-3-5-17(22)12-14)13-23-19(25)20(10-11-20)15-6-8-16(21)9-7-15/h3-9,12,18H,10-11,13H2,1-2H3,(H,23,25). The number of amides is 1. The number of nitrogens with one attached hydrogen (secondary N) is 1. The van der Waals surface area contributed by atoms with Gasteiger partial charge < -0.3 is 10.2 Å². The fraction of sp³-hybridized carbons (Fsp3) is 0.350. The summed E-state index contributed by atoms with van der Waals surface area (Å²) >= 11 is 3.43. The predicted molar refractivity (Wildman–Crippen MR) is 101 cm³/mol. The van der Waals surface area contributed by atoms with E-state index >= 15 is 0 Å². The minimum atomic E-state index is -0.403. The van der Waals surface area contributed by atoms with E-state index in [-0.39, 0.29) is 17.8 Å². The number of halogens is 2. The van der Waals surface area contributed by atoms with E-state index in [1.54, 1.807) is 6.07 Å². The first-order chi connectivity index (χ1) is 11.9. The van der Waals surface area contributed by atoms with Crippen LogP contribution in [-0.4, -0.2) is 31.4 Å². The van der Waals surface area contributed by atoms with E-state index in [0.29, 0.717) is 6.54 Å². The van der Waals surface area contributed by atoms with Gasteiger partial charge in [-0.15, -0.1) is 0 Å². The minimum Gasteiger partial charge on any atom is -0.353 e. The maximum Gasteiger partial charge on any atom is 0.230 e. The molecule has 0 saturated heterocycles. The molecule has 1 atom stereocenters. The van der Waals surface area contributed by atoms with Crippen LogP contribution in [0.5, 0.6) is 0 Å². The van der Waals surface area contributed by atoms with E-state index in [4.69, 9.17) is 0 Å². The van der Waals surface area contributed by atoms with Gasteiger partial charge in [-0.1, -0.05) is 40.2 Å². The summed E-state index contributed by atoms with van der Waals surface area (Å²) in [5.74, 6) is -0.206. The third-order valence-electron chi connectivity index (χ3n) is 4.89. The van der Waals surface area contributed by atoms with Crippen LogP contribution < -0.4 is 5.32 Å². The van der Waals surface area contributed by atoms with Gasteiger partial charge in [-0.3, -0.25) is 4.79 Å². The lowest BCUT2D eigenvalue weighted by molar-refractivity contribution is -0.123. The van der Waals surface area contributed by atoms with Gasteiger partial charge in [0.1, 0.15) is 5.82 Å². The van der Waals surface area contributed by atoms with Crippen molar-refractivity contribution in [3.63, 3.8) is 0 Å². The summed E-state index contributed by atoms with van der Waals surface area (Å²) in [6.07, 6.45) is 1.74. The van der Waals surface area contributed by atoms with Crippen LogP contribution in [0.4, 0.5) is 4.39 Å². The Labute approximate surface area is 156 Å². The summed E-state index contributed by atoms with van der Waals surface area (Å²) in [6, 6.07) is 14.4. The van der Waals surface area contributed by atoms with Crippen LogP contribution in [0.25, 0.3) is 0 Å². The second-order valence-corrected chi connectivity index (χ2v) is 7.75. The normalized spacial score (nSPS) is 16.5. The van der Waals surface area contributed by atoms with Crippen molar-refractivity contribution in [1.82, 2.24) is 10.2 Å². The monoisotopic (exact) mass is 404 g/mol. The average Bonchev–Trinajstić information content (AvgIpc) is 3.37. The molecule has 1 aliphatic rings. The molecule has 0 aliphatic heterocycles. The van der Waals surface area contributed by atoms with Crippen LogP contribution in [0.3, 0.4) is 0 Å². The van der Waals surface area contributed by atoms with Gasteiger partial charge in [-0.2, -0.15) is 0 Å². The summed E-state index contributed by atoms with van der Waals surface area (Å²) < 4.78 is 14.5. The largest absolute Gasteiger partial charge is 0.353 e. The molecule has 5 heteroatoms. The minimum absolute atomic E-state index is 0.0538. The number of hydrogen-bond acceptors (Lipinski definition) is 2. The molecule has 0 bridgehead atoms. The number of carbonyl (C=O) groups excluding carboxylic acids is 1. The van der Waals surface area contributed by atoms with Crippen molar-refractivity contribution < 1.29 is 9.18 Å². The highest BCUT2D eigenvalue weighted by Crippen LogP contribution is 2.48. The molecule has 25 heavy (non-hydrogen) atoms. The lowest BCUT2D eigenvalue weighted by Crippen LogP contribution is -2.40. The Morgan fingerprint density at radius 2 is 1.92 bits per heavy atom. The van der Waals surface area contributed by atoms with E-state index in [0.717, 1.165) is 28.4 Å². The molecule has 1 fully saturated rings. The molecule has 0 radical (unpaired) electrons. The Hall–Kier alpha value is -1.72. The van der Waals surface area contributed by atoms with E-state index < -0.39 is 5.41 Å². The molecule has 1 saturated carbocycles. The van der Waals surface area contributed by atoms with Gasteiger partial charge in [0.25, 0.3) is 0 Å². The van der Waals surface area contributed by atoms with E-state index in [2.05, 4.69) is 21.2 Å². The van der Waals surface area contributed by atoms with Gasteiger partial charge in [0.2, 0.25) is 5.91 Å². The van der Waals surface area contributed by atoms with Crippen molar-refractivity contribution in [1.29, 1.82) is 0 Å². The first-order valence-electron chi connectivity index (χ1n) is 8.39. The number of likely N-dealkylation sites (N-methyl/N-ethyl adjacent to an activating group) is 1. The summed E-state index contributed by atoms with van der Waals surface area (Å²) in [5, 5.41) is 3.08. The number of hydrogen-bond donors (Lipinski definition) is 1.